The van der Waals surface area contributed by atoms with Crippen LogP contribution in [0.25, 0.3) is 0 Å². The van der Waals surface area contributed by atoms with Crippen molar-refractivity contribution in [2.75, 3.05) is 33.8 Å². The number of piperidine rings is 1. The normalized spacial score (nSPS) is 18.6. The lowest BCUT2D eigenvalue weighted by molar-refractivity contribution is -0.162. The maximum Gasteiger partial charge on any atom is 0.422 e. The standard InChI is InChI=1S/C10H17F3N2O2/c1-14(2)8-3-5-15(6-4-8)9(16)17-7-10(11,12)13/h8H,3-7H2,1-2H3. The fourth-order valence-electron chi connectivity index (χ4n) is 1.80. The number of amides is 1. The molecule has 100 valence electrons. The molecule has 7 heteroatoms. The average molecular weight is 254 g/mol. The smallest absolute Gasteiger partial charge is 0.422 e. The van der Waals surface area contributed by atoms with Crippen LogP contribution in [0.3, 0.4) is 0 Å². The second kappa shape index (κ2) is 5.57. The quantitative estimate of drug-likeness (QED) is 0.752. The summed E-state index contributed by atoms with van der Waals surface area (Å²) < 4.78 is 39.7. The SMILES string of the molecule is CN(C)C1CCN(C(=O)OCC(F)(F)F)CC1. The van der Waals surface area contributed by atoms with E-state index >= 15 is 0 Å². The Bertz CT molecular complexity index is 261. The number of carbonyl (C=O) groups is 1. The van der Waals surface area contributed by atoms with E-state index in [2.05, 4.69) is 9.64 Å². The summed E-state index contributed by atoms with van der Waals surface area (Å²) in [4.78, 5) is 14.7. The van der Waals surface area contributed by atoms with Crippen LogP contribution < -0.4 is 0 Å². The predicted octanol–water partition coefficient (Wildman–Crippen LogP) is 1.71. The molecule has 1 aliphatic heterocycles. The van der Waals surface area contributed by atoms with Crippen LogP contribution in [0.1, 0.15) is 12.8 Å². The largest absolute Gasteiger partial charge is 0.440 e. The number of carbonyl (C=O) groups excluding carboxylic acids is 1. The summed E-state index contributed by atoms with van der Waals surface area (Å²) in [6.07, 6.45) is -3.82. The fraction of sp³-hybridized carbons (Fsp3) is 0.900. The Hall–Kier alpha value is -0.980. The van der Waals surface area contributed by atoms with Crippen molar-refractivity contribution in [3.8, 4) is 0 Å². The highest BCUT2D eigenvalue weighted by Gasteiger charge is 2.32. The number of halogens is 3. The van der Waals surface area contributed by atoms with Crippen molar-refractivity contribution in [2.45, 2.75) is 25.1 Å². The Labute approximate surface area is 98.3 Å². The van der Waals surface area contributed by atoms with Crippen LogP contribution >= 0.6 is 0 Å². The Morgan fingerprint density at radius 2 is 1.88 bits per heavy atom. The van der Waals surface area contributed by atoms with E-state index < -0.39 is 18.9 Å². The molecular weight excluding hydrogens is 237 g/mol. The van der Waals surface area contributed by atoms with Crippen molar-refractivity contribution >= 4 is 6.09 Å². The molecule has 0 bridgehead atoms. The number of alkyl halides is 3. The van der Waals surface area contributed by atoms with Crippen molar-refractivity contribution in [3.05, 3.63) is 0 Å². The number of nitrogens with zero attached hydrogens (tertiary/aromatic N) is 2. The van der Waals surface area contributed by atoms with Gasteiger partial charge in [0.25, 0.3) is 0 Å². The predicted molar refractivity (Wildman–Crippen MR) is 55.7 cm³/mol. The molecule has 0 aromatic carbocycles. The number of likely N-dealkylation sites (tertiary alicyclic amines) is 1. The molecule has 0 atom stereocenters. The van der Waals surface area contributed by atoms with Crippen LogP contribution in [0.5, 0.6) is 0 Å². The van der Waals surface area contributed by atoms with Crippen LogP contribution in [-0.4, -0.2) is 61.9 Å². The molecule has 1 amide bonds. The summed E-state index contributed by atoms with van der Waals surface area (Å²) in [6.45, 7) is -0.626. The van der Waals surface area contributed by atoms with E-state index in [4.69, 9.17) is 0 Å². The lowest BCUT2D eigenvalue weighted by atomic mass is 10.0. The Morgan fingerprint density at radius 3 is 2.29 bits per heavy atom. The van der Waals surface area contributed by atoms with Gasteiger partial charge in [0.15, 0.2) is 6.61 Å². The maximum absolute atomic E-state index is 11.8. The third-order valence-electron chi connectivity index (χ3n) is 2.81. The van der Waals surface area contributed by atoms with Crippen LogP contribution in [0.2, 0.25) is 0 Å². The Morgan fingerprint density at radius 1 is 1.35 bits per heavy atom. The topological polar surface area (TPSA) is 32.8 Å². The molecule has 1 heterocycles. The number of ether oxygens (including phenoxy) is 1. The molecule has 0 unspecified atom stereocenters. The third kappa shape index (κ3) is 4.80. The van der Waals surface area contributed by atoms with E-state index in [1.165, 1.54) is 4.90 Å². The average Bonchev–Trinajstić information content (AvgIpc) is 2.25. The minimum atomic E-state index is -4.46. The lowest BCUT2D eigenvalue weighted by Crippen LogP contribution is -2.45. The molecule has 1 rings (SSSR count). The summed E-state index contributed by atoms with van der Waals surface area (Å²) in [5, 5.41) is 0. The Kier molecular flexibility index (Phi) is 4.62. The molecule has 1 aliphatic rings. The summed E-state index contributed by atoms with van der Waals surface area (Å²) in [7, 11) is 3.89. The first-order chi connectivity index (χ1) is 7.79. The highest BCUT2D eigenvalue weighted by Crippen LogP contribution is 2.18. The summed E-state index contributed by atoms with van der Waals surface area (Å²) in [6, 6.07) is 0.377. The van der Waals surface area contributed by atoms with E-state index in [0.29, 0.717) is 19.1 Å². The maximum atomic E-state index is 11.8. The monoisotopic (exact) mass is 254 g/mol. The zero-order valence-corrected chi connectivity index (χ0v) is 9.96. The lowest BCUT2D eigenvalue weighted by Gasteiger charge is -2.34. The van der Waals surface area contributed by atoms with Crippen molar-refractivity contribution < 1.29 is 22.7 Å². The van der Waals surface area contributed by atoms with Crippen molar-refractivity contribution in [3.63, 3.8) is 0 Å². The van der Waals surface area contributed by atoms with Gasteiger partial charge < -0.3 is 14.5 Å². The van der Waals surface area contributed by atoms with Crippen molar-refractivity contribution in [1.29, 1.82) is 0 Å². The van der Waals surface area contributed by atoms with Crippen molar-refractivity contribution in [1.82, 2.24) is 9.80 Å². The van der Waals surface area contributed by atoms with E-state index in [0.717, 1.165) is 12.8 Å². The number of hydrogen-bond acceptors (Lipinski definition) is 3. The minimum Gasteiger partial charge on any atom is -0.440 e. The first-order valence-electron chi connectivity index (χ1n) is 5.44. The van der Waals surface area contributed by atoms with Gasteiger partial charge in [0.05, 0.1) is 0 Å². The molecule has 0 spiro atoms. The van der Waals surface area contributed by atoms with E-state index in [1.807, 2.05) is 14.1 Å². The first-order valence-corrected chi connectivity index (χ1v) is 5.44. The third-order valence-corrected chi connectivity index (χ3v) is 2.81. The van der Waals surface area contributed by atoms with Gasteiger partial charge in [-0.05, 0) is 26.9 Å². The summed E-state index contributed by atoms with van der Waals surface area (Å²) in [5.41, 5.74) is 0. The van der Waals surface area contributed by atoms with Gasteiger partial charge in [-0.25, -0.2) is 4.79 Å². The van der Waals surface area contributed by atoms with Gasteiger partial charge in [-0.2, -0.15) is 13.2 Å². The van der Waals surface area contributed by atoms with E-state index in [9.17, 15) is 18.0 Å². The summed E-state index contributed by atoms with van der Waals surface area (Å²) >= 11 is 0. The number of hydrogen-bond donors (Lipinski definition) is 0. The van der Waals surface area contributed by atoms with Gasteiger partial charge in [0, 0.05) is 19.1 Å². The van der Waals surface area contributed by atoms with Gasteiger partial charge in [-0.3, -0.25) is 0 Å². The molecule has 0 aromatic rings. The molecule has 4 nitrogen and oxygen atoms in total. The first kappa shape index (κ1) is 14.1. The number of rotatable bonds is 2. The second-order valence-electron chi connectivity index (χ2n) is 4.35. The zero-order chi connectivity index (χ0) is 13.1. The minimum absolute atomic E-state index is 0.377. The van der Waals surface area contributed by atoms with Gasteiger partial charge >= 0.3 is 12.3 Å². The van der Waals surface area contributed by atoms with Crippen molar-refractivity contribution in [2.24, 2.45) is 0 Å². The molecule has 0 aromatic heterocycles. The van der Waals surface area contributed by atoms with Crippen LogP contribution in [-0.2, 0) is 4.74 Å². The van der Waals surface area contributed by atoms with Crippen LogP contribution in [0.4, 0.5) is 18.0 Å². The Balaban J connectivity index is 2.31. The molecule has 0 saturated carbocycles. The molecule has 0 radical (unpaired) electrons. The molecule has 1 saturated heterocycles. The molecular formula is C10H17F3N2O2. The van der Waals surface area contributed by atoms with Gasteiger partial charge in [0.2, 0.25) is 0 Å². The van der Waals surface area contributed by atoms with Gasteiger partial charge in [-0.15, -0.1) is 0 Å². The van der Waals surface area contributed by atoms with Gasteiger partial charge in [-0.1, -0.05) is 0 Å². The second-order valence-corrected chi connectivity index (χ2v) is 4.35. The zero-order valence-electron chi connectivity index (χ0n) is 9.96. The van der Waals surface area contributed by atoms with E-state index in [-0.39, 0.29) is 0 Å². The molecule has 17 heavy (non-hydrogen) atoms. The molecule has 1 fully saturated rings. The highest BCUT2D eigenvalue weighted by molar-refractivity contribution is 5.67. The van der Waals surface area contributed by atoms with Crippen LogP contribution in [0, 0.1) is 0 Å². The highest BCUT2D eigenvalue weighted by atomic mass is 19.4. The summed E-state index contributed by atoms with van der Waals surface area (Å²) in [5.74, 6) is 0. The fourth-order valence-corrected chi connectivity index (χ4v) is 1.80. The molecule has 0 aliphatic carbocycles. The van der Waals surface area contributed by atoms with E-state index in [1.54, 1.807) is 0 Å². The van der Waals surface area contributed by atoms with Crippen LogP contribution in [0.15, 0.2) is 0 Å². The molecule has 0 N–H and O–H groups in total. The van der Waals surface area contributed by atoms with Gasteiger partial charge in [0.1, 0.15) is 0 Å².